The van der Waals surface area contributed by atoms with Gasteiger partial charge in [0.25, 0.3) is 0 Å². The number of para-hydroxylation sites is 1. The lowest BCUT2D eigenvalue weighted by Gasteiger charge is -2.10. The number of carbonyl (C=O) groups excluding carboxylic acids is 1. The highest BCUT2D eigenvalue weighted by molar-refractivity contribution is 6.00. The molecule has 2 aromatic rings. The van der Waals surface area contributed by atoms with Crippen LogP contribution in [0.1, 0.15) is 15.9 Å². The molecule has 0 heterocycles. The van der Waals surface area contributed by atoms with Gasteiger partial charge in [0.2, 0.25) is 0 Å². The lowest BCUT2D eigenvalue weighted by atomic mass is 10.1. The Bertz CT molecular complexity index is 624. The number of methoxy groups -OCH3 is 1. The van der Waals surface area contributed by atoms with Crippen LogP contribution in [0, 0.1) is 6.92 Å². The average molecular weight is 270 g/mol. The van der Waals surface area contributed by atoms with Crippen molar-refractivity contribution in [2.75, 3.05) is 24.7 Å². The standard InChI is InChI=1S/C16H18N2O2/c1-11-5-3-4-6-14(11)18-10-15(19)12-7-8-16(20-2)13(17)9-12/h3-9,18H,10,17H2,1-2H3. The second kappa shape index (κ2) is 6.10. The minimum absolute atomic E-state index is 0.0115. The zero-order valence-electron chi connectivity index (χ0n) is 11.6. The van der Waals surface area contributed by atoms with Crippen LogP contribution in [0.5, 0.6) is 5.75 Å². The molecule has 4 heteroatoms. The minimum Gasteiger partial charge on any atom is -0.495 e. The fourth-order valence-corrected chi connectivity index (χ4v) is 1.96. The van der Waals surface area contributed by atoms with Crippen molar-refractivity contribution in [2.45, 2.75) is 6.92 Å². The number of benzene rings is 2. The van der Waals surface area contributed by atoms with E-state index in [4.69, 9.17) is 10.5 Å². The van der Waals surface area contributed by atoms with Crippen molar-refractivity contribution in [3.63, 3.8) is 0 Å². The molecule has 3 N–H and O–H groups in total. The molecule has 0 bridgehead atoms. The summed E-state index contributed by atoms with van der Waals surface area (Å²) in [5.41, 5.74) is 8.91. The van der Waals surface area contributed by atoms with E-state index >= 15 is 0 Å². The van der Waals surface area contributed by atoms with E-state index < -0.39 is 0 Å². The number of nitrogens with one attached hydrogen (secondary N) is 1. The smallest absolute Gasteiger partial charge is 0.181 e. The van der Waals surface area contributed by atoms with Crippen LogP contribution >= 0.6 is 0 Å². The summed E-state index contributed by atoms with van der Waals surface area (Å²) in [4.78, 5) is 12.1. The molecule has 0 atom stereocenters. The zero-order valence-corrected chi connectivity index (χ0v) is 11.6. The highest BCUT2D eigenvalue weighted by Crippen LogP contribution is 2.22. The molecule has 2 aromatic carbocycles. The first-order valence-electron chi connectivity index (χ1n) is 6.38. The summed E-state index contributed by atoms with van der Waals surface area (Å²) in [6.45, 7) is 2.23. The molecular formula is C16H18N2O2. The SMILES string of the molecule is COc1ccc(C(=O)CNc2ccccc2C)cc1N. The Morgan fingerprint density at radius 2 is 2.00 bits per heavy atom. The Balaban J connectivity index is 2.05. The third-order valence-corrected chi connectivity index (χ3v) is 3.14. The fraction of sp³-hybridized carbons (Fsp3) is 0.188. The lowest BCUT2D eigenvalue weighted by molar-refractivity contribution is 0.101. The molecule has 0 aliphatic heterocycles. The van der Waals surface area contributed by atoms with E-state index in [1.54, 1.807) is 25.3 Å². The van der Waals surface area contributed by atoms with Gasteiger partial charge in [-0.25, -0.2) is 0 Å². The molecule has 0 aliphatic rings. The molecule has 20 heavy (non-hydrogen) atoms. The van der Waals surface area contributed by atoms with Gasteiger partial charge < -0.3 is 15.8 Å². The predicted molar refractivity (Wildman–Crippen MR) is 81.4 cm³/mol. The van der Waals surface area contributed by atoms with E-state index in [0.29, 0.717) is 17.0 Å². The first kappa shape index (κ1) is 13.9. The summed E-state index contributed by atoms with van der Waals surface area (Å²) in [7, 11) is 1.55. The van der Waals surface area contributed by atoms with E-state index in [1.807, 2.05) is 31.2 Å². The molecule has 0 fully saturated rings. The van der Waals surface area contributed by atoms with Crippen LogP contribution in [0.4, 0.5) is 11.4 Å². The van der Waals surface area contributed by atoms with Gasteiger partial charge in [-0.1, -0.05) is 18.2 Å². The van der Waals surface area contributed by atoms with Crippen molar-refractivity contribution in [3.8, 4) is 5.75 Å². The molecule has 2 rings (SSSR count). The summed E-state index contributed by atoms with van der Waals surface area (Å²) in [6.07, 6.45) is 0. The predicted octanol–water partition coefficient (Wildman–Crippen LogP) is 2.88. The highest BCUT2D eigenvalue weighted by atomic mass is 16.5. The van der Waals surface area contributed by atoms with Crippen LogP contribution in [0.2, 0.25) is 0 Å². The minimum atomic E-state index is -0.0115. The van der Waals surface area contributed by atoms with Crippen LogP contribution in [0.15, 0.2) is 42.5 Å². The Morgan fingerprint density at radius 3 is 2.65 bits per heavy atom. The molecule has 0 aromatic heterocycles. The lowest BCUT2D eigenvalue weighted by Crippen LogP contribution is -2.14. The van der Waals surface area contributed by atoms with Gasteiger partial charge in [-0.3, -0.25) is 4.79 Å². The molecule has 0 spiro atoms. The Kier molecular flexibility index (Phi) is 4.25. The van der Waals surface area contributed by atoms with Crippen molar-refractivity contribution in [1.29, 1.82) is 0 Å². The molecular weight excluding hydrogens is 252 g/mol. The maximum Gasteiger partial charge on any atom is 0.181 e. The molecule has 0 saturated heterocycles. The van der Waals surface area contributed by atoms with Gasteiger partial charge in [0.15, 0.2) is 5.78 Å². The van der Waals surface area contributed by atoms with Crippen molar-refractivity contribution in [2.24, 2.45) is 0 Å². The number of aryl methyl sites for hydroxylation is 1. The second-order valence-electron chi connectivity index (χ2n) is 4.55. The fourth-order valence-electron chi connectivity index (χ4n) is 1.96. The third-order valence-electron chi connectivity index (χ3n) is 3.14. The monoisotopic (exact) mass is 270 g/mol. The van der Waals surface area contributed by atoms with Crippen LogP contribution in [-0.2, 0) is 0 Å². The van der Waals surface area contributed by atoms with Gasteiger partial charge in [0.1, 0.15) is 5.75 Å². The van der Waals surface area contributed by atoms with E-state index in [0.717, 1.165) is 11.3 Å². The van der Waals surface area contributed by atoms with Crippen LogP contribution < -0.4 is 15.8 Å². The van der Waals surface area contributed by atoms with Gasteiger partial charge in [-0.15, -0.1) is 0 Å². The second-order valence-corrected chi connectivity index (χ2v) is 4.55. The van der Waals surface area contributed by atoms with E-state index in [1.165, 1.54) is 0 Å². The molecule has 0 unspecified atom stereocenters. The number of nitrogens with two attached hydrogens (primary N) is 1. The molecule has 0 saturated carbocycles. The number of anilines is 2. The maximum absolute atomic E-state index is 12.1. The van der Waals surface area contributed by atoms with Crippen molar-refractivity contribution in [3.05, 3.63) is 53.6 Å². The van der Waals surface area contributed by atoms with Crippen LogP contribution in [0.25, 0.3) is 0 Å². The molecule has 104 valence electrons. The van der Waals surface area contributed by atoms with Gasteiger partial charge >= 0.3 is 0 Å². The van der Waals surface area contributed by atoms with E-state index in [2.05, 4.69) is 5.32 Å². The van der Waals surface area contributed by atoms with Gasteiger partial charge in [0.05, 0.1) is 19.3 Å². The Hall–Kier alpha value is -2.49. The number of carbonyl (C=O) groups is 1. The van der Waals surface area contributed by atoms with Crippen molar-refractivity contribution in [1.82, 2.24) is 0 Å². The van der Waals surface area contributed by atoms with Crippen molar-refractivity contribution >= 4 is 17.2 Å². The summed E-state index contributed by atoms with van der Waals surface area (Å²) in [5, 5.41) is 3.14. The molecule has 0 radical (unpaired) electrons. The summed E-state index contributed by atoms with van der Waals surface area (Å²) in [6, 6.07) is 12.9. The molecule has 0 aliphatic carbocycles. The Labute approximate surface area is 118 Å². The molecule has 4 nitrogen and oxygen atoms in total. The quantitative estimate of drug-likeness (QED) is 0.647. The number of ketones is 1. The van der Waals surface area contributed by atoms with Crippen molar-refractivity contribution < 1.29 is 9.53 Å². The maximum atomic E-state index is 12.1. The number of Topliss-reactive ketones (excluding diaryl/α,β-unsaturated/α-hetero) is 1. The van der Waals surface area contributed by atoms with E-state index in [9.17, 15) is 4.79 Å². The molecule has 0 amide bonds. The zero-order chi connectivity index (χ0) is 14.5. The number of nitrogen functional groups attached to an aromatic ring is 1. The first-order valence-corrected chi connectivity index (χ1v) is 6.38. The average Bonchev–Trinajstić information content (AvgIpc) is 2.46. The summed E-state index contributed by atoms with van der Waals surface area (Å²) >= 11 is 0. The third kappa shape index (κ3) is 3.09. The Morgan fingerprint density at radius 1 is 1.25 bits per heavy atom. The largest absolute Gasteiger partial charge is 0.495 e. The van der Waals surface area contributed by atoms with Gasteiger partial charge in [0, 0.05) is 11.3 Å². The summed E-state index contributed by atoms with van der Waals surface area (Å²) < 4.78 is 5.07. The van der Waals surface area contributed by atoms with Crippen LogP contribution in [0.3, 0.4) is 0 Å². The van der Waals surface area contributed by atoms with E-state index in [-0.39, 0.29) is 12.3 Å². The van der Waals surface area contributed by atoms with Gasteiger partial charge in [-0.05, 0) is 36.8 Å². The van der Waals surface area contributed by atoms with Gasteiger partial charge in [-0.2, -0.15) is 0 Å². The number of ether oxygens (including phenoxy) is 1. The van der Waals surface area contributed by atoms with Crippen LogP contribution in [-0.4, -0.2) is 19.4 Å². The highest BCUT2D eigenvalue weighted by Gasteiger charge is 2.09. The first-order chi connectivity index (χ1) is 9.61. The number of hydrogen-bond donors (Lipinski definition) is 2. The number of rotatable bonds is 5. The number of hydrogen-bond acceptors (Lipinski definition) is 4. The summed E-state index contributed by atoms with van der Waals surface area (Å²) in [5.74, 6) is 0.566. The topological polar surface area (TPSA) is 64.3 Å². The normalized spacial score (nSPS) is 10.1.